The maximum absolute atomic E-state index is 12.1. The fourth-order valence-electron chi connectivity index (χ4n) is 1.96. The van der Waals surface area contributed by atoms with Gasteiger partial charge in [-0.05, 0) is 58.2 Å². The zero-order chi connectivity index (χ0) is 19.8. The summed E-state index contributed by atoms with van der Waals surface area (Å²) in [5.74, 6) is 0. The number of aryl methyl sites for hydroxylation is 1. The molecule has 0 unspecified atom stereocenters. The molecule has 26 heavy (non-hydrogen) atoms. The highest BCUT2D eigenvalue weighted by atomic mass is 32.2. The van der Waals surface area contributed by atoms with Gasteiger partial charge in [0.15, 0.2) is 0 Å². The van der Waals surface area contributed by atoms with Gasteiger partial charge in [0, 0.05) is 13.1 Å². The van der Waals surface area contributed by atoms with Crippen LogP contribution < -0.4 is 15.4 Å². The average Bonchev–Trinajstić information content (AvgIpc) is 2.48. The van der Waals surface area contributed by atoms with Crippen molar-refractivity contribution in [3.63, 3.8) is 0 Å². The second-order valence-corrected chi connectivity index (χ2v) is 8.50. The largest absolute Gasteiger partial charge is 0.444 e. The van der Waals surface area contributed by atoms with Crippen LogP contribution in [0.4, 0.5) is 9.59 Å². The molecule has 0 aliphatic carbocycles. The number of benzene rings is 1. The number of carbonyl (C=O) groups excluding carboxylic acids is 2. The van der Waals surface area contributed by atoms with Crippen molar-refractivity contribution in [3.8, 4) is 0 Å². The van der Waals surface area contributed by atoms with Crippen molar-refractivity contribution in [1.82, 2.24) is 15.4 Å². The molecule has 0 spiro atoms. The van der Waals surface area contributed by atoms with E-state index >= 15 is 0 Å². The van der Waals surface area contributed by atoms with E-state index < -0.39 is 27.7 Å². The van der Waals surface area contributed by atoms with Crippen LogP contribution in [0.1, 0.15) is 39.2 Å². The monoisotopic (exact) mass is 385 g/mol. The zero-order valence-corrected chi connectivity index (χ0v) is 16.4. The quantitative estimate of drug-likeness (QED) is 0.623. The number of rotatable bonds is 7. The number of hydrogen-bond acceptors (Lipinski definition) is 5. The Balaban J connectivity index is 2.26. The predicted octanol–water partition coefficient (Wildman–Crippen LogP) is 2.29. The van der Waals surface area contributed by atoms with E-state index in [4.69, 9.17) is 4.74 Å². The van der Waals surface area contributed by atoms with Crippen molar-refractivity contribution >= 4 is 22.1 Å². The van der Waals surface area contributed by atoms with Crippen molar-refractivity contribution in [1.29, 1.82) is 0 Å². The Morgan fingerprint density at radius 2 is 1.69 bits per heavy atom. The van der Waals surface area contributed by atoms with E-state index in [2.05, 4.69) is 10.6 Å². The van der Waals surface area contributed by atoms with E-state index in [1.807, 2.05) is 4.72 Å². The van der Waals surface area contributed by atoms with E-state index in [9.17, 15) is 18.0 Å². The first kappa shape index (κ1) is 21.8. The molecule has 0 bridgehead atoms. The third-order valence-corrected chi connectivity index (χ3v) is 4.41. The van der Waals surface area contributed by atoms with E-state index in [1.165, 1.54) is 12.1 Å². The number of alkyl carbamates (subject to hydrolysis) is 1. The Morgan fingerprint density at radius 3 is 2.27 bits per heavy atom. The Labute approximate surface area is 154 Å². The second-order valence-electron chi connectivity index (χ2n) is 6.81. The molecule has 146 valence electrons. The summed E-state index contributed by atoms with van der Waals surface area (Å²) in [5.41, 5.74) is 0.234. The molecule has 0 heterocycles. The van der Waals surface area contributed by atoms with Crippen molar-refractivity contribution in [2.75, 3.05) is 13.1 Å². The highest BCUT2D eigenvalue weighted by molar-refractivity contribution is 7.90. The van der Waals surface area contributed by atoms with E-state index in [0.717, 1.165) is 5.56 Å². The van der Waals surface area contributed by atoms with E-state index in [1.54, 1.807) is 39.8 Å². The van der Waals surface area contributed by atoms with Gasteiger partial charge in [-0.2, -0.15) is 0 Å². The Hall–Kier alpha value is -2.29. The number of nitrogens with one attached hydrogen (secondary N) is 3. The van der Waals surface area contributed by atoms with Gasteiger partial charge in [-0.1, -0.05) is 12.1 Å². The molecule has 1 rings (SSSR count). The fraction of sp³-hybridized carbons (Fsp3) is 0.529. The van der Waals surface area contributed by atoms with Crippen molar-refractivity contribution < 1.29 is 22.7 Å². The van der Waals surface area contributed by atoms with Gasteiger partial charge in [-0.15, -0.1) is 0 Å². The van der Waals surface area contributed by atoms with Gasteiger partial charge in [0.05, 0.1) is 4.90 Å². The third-order valence-electron chi connectivity index (χ3n) is 3.08. The van der Waals surface area contributed by atoms with Crippen LogP contribution >= 0.6 is 0 Å². The van der Waals surface area contributed by atoms with Crippen LogP contribution in [0.2, 0.25) is 0 Å². The summed E-state index contributed by atoms with van der Waals surface area (Å²) < 4.78 is 31.2. The summed E-state index contributed by atoms with van der Waals surface area (Å²) in [7, 11) is -3.89. The Bertz CT molecular complexity index is 726. The third kappa shape index (κ3) is 8.70. The molecule has 3 amide bonds. The molecule has 9 heteroatoms. The first-order valence-corrected chi connectivity index (χ1v) is 9.82. The van der Waals surface area contributed by atoms with E-state index in [0.29, 0.717) is 19.4 Å². The summed E-state index contributed by atoms with van der Waals surface area (Å²) in [6.45, 7) is 7.79. The number of ether oxygens (including phenoxy) is 1. The van der Waals surface area contributed by atoms with Gasteiger partial charge >= 0.3 is 12.1 Å². The van der Waals surface area contributed by atoms with Crippen LogP contribution in [0.5, 0.6) is 0 Å². The van der Waals surface area contributed by atoms with Crippen LogP contribution in [0, 0.1) is 6.92 Å². The molecule has 1 aromatic carbocycles. The summed E-state index contributed by atoms with van der Waals surface area (Å²) in [5, 5.41) is 5.08. The van der Waals surface area contributed by atoms with Gasteiger partial charge in [-0.3, -0.25) is 0 Å². The minimum Gasteiger partial charge on any atom is -0.444 e. The molecule has 3 N–H and O–H groups in total. The molecular formula is C17H27N3O5S. The lowest BCUT2D eigenvalue weighted by molar-refractivity contribution is 0.0527. The average molecular weight is 385 g/mol. The van der Waals surface area contributed by atoms with Crippen molar-refractivity contribution in [2.45, 2.75) is 51.0 Å². The van der Waals surface area contributed by atoms with Crippen LogP contribution in [0.3, 0.4) is 0 Å². The van der Waals surface area contributed by atoms with Gasteiger partial charge in [0.2, 0.25) is 0 Å². The van der Waals surface area contributed by atoms with Crippen LogP contribution in [0.15, 0.2) is 29.2 Å². The number of hydrogen-bond donors (Lipinski definition) is 3. The van der Waals surface area contributed by atoms with Crippen LogP contribution in [-0.2, 0) is 14.8 Å². The van der Waals surface area contributed by atoms with Crippen molar-refractivity contribution in [2.24, 2.45) is 0 Å². The molecule has 0 radical (unpaired) electrons. The SMILES string of the molecule is Cc1cccc(S(=O)(=O)NC(=O)NCCCCNC(=O)OC(C)(C)C)c1. The molecule has 0 aliphatic heterocycles. The molecule has 8 nitrogen and oxygen atoms in total. The first-order valence-electron chi connectivity index (χ1n) is 8.34. The molecule has 0 saturated carbocycles. The van der Waals surface area contributed by atoms with Gasteiger partial charge in [0.1, 0.15) is 5.60 Å². The minimum absolute atomic E-state index is 0.0363. The number of urea groups is 1. The van der Waals surface area contributed by atoms with E-state index in [-0.39, 0.29) is 11.4 Å². The second kappa shape index (κ2) is 9.42. The number of amides is 3. The molecule has 1 aromatic rings. The molecule has 0 fully saturated rings. The van der Waals surface area contributed by atoms with Gasteiger partial charge in [0.25, 0.3) is 10.0 Å². The van der Waals surface area contributed by atoms with Crippen LogP contribution in [0.25, 0.3) is 0 Å². The predicted molar refractivity (Wildman–Crippen MR) is 98.4 cm³/mol. The topological polar surface area (TPSA) is 114 Å². The standard InChI is InChI=1S/C17H27N3O5S/c1-13-8-7-9-14(12-13)26(23,24)20-15(21)18-10-5-6-11-19-16(22)25-17(2,3)4/h7-9,12H,5-6,10-11H2,1-4H3,(H,19,22)(H2,18,20,21). The highest BCUT2D eigenvalue weighted by Crippen LogP contribution is 2.10. The lowest BCUT2D eigenvalue weighted by Gasteiger charge is -2.19. The van der Waals surface area contributed by atoms with Gasteiger partial charge in [-0.25, -0.2) is 22.7 Å². The Morgan fingerprint density at radius 1 is 1.08 bits per heavy atom. The summed E-state index contributed by atoms with van der Waals surface area (Å²) in [4.78, 5) is 23.2. The maximum atomic E-state index is 12.1. The Kier molecular flexibility index (Phi) is 7.88. The molecule has 0 saturated heterocycles. The zero-order valence-electron chi connectivity index (χ0n) is 15.6. The lowest BCUT2D eigenvalue weighted by atomic mass is 10.2. The smallest absolute Gasteiger partial charge is 0.407 e. The molecular weight excluding hydrogens is 358 g/mol. The summed E-state index contributed by atoms with van der Waals surface area (Å²) >= 11 is 0. The summed E-state index contributed by atoms with van der Waals surface area (Å²) in [6.07, 6.45) is 0.699. The highest BCUT2D eigenvalue weighted by Gasteiger charge is 2.17. The number of unbranched alkanes of at least 4 members (excludes halogenated alkanes) is 1. The fourth-order valence-corrected chi connectivity index (χ4v) is 2.99. The lowest BCUT2D eigenvalue weighted by Crippen LogP contribution is -2.40. The number of carbonyl (C=O) groups is 2. The first-order chi connectivity index (χ1) is 12.0. The van der Waals surface area contributed by atoms with Crippen molar-refractivity contribution in [3.05, 3.63) is 29.8 Å². The molecule has 0 aliphatic rings. The minimum atomic E-state index is -3.89. The maximum Gasteiger partial charge on any atom is 0.407 e. The van der Waals surface area contributed by atoms with Crippen LogP contribution in [-0.4, -0.2) is 39.2 Å². The number of sulfonamides is 1. The van der Waals surface area contributed by atoms with Gasteiger partial charge < -0.3 is 15.4 Å². The summed E-state index contributed by atoms with van der Waals surface area (Å²) in [6, 6.07) is 5.50. The normalized spacial score (nSPS) is 11.5. The molecule has 0 aromatic heterocycles. The molecule has 0 atom stereocenters.